The predicted octanol–water partition coefficient (Wildman–Crippen LogP) is 2.24. The van der Waals surface area contributed by atoms with E-state index in [2.05, 4.69) is 15.5 Å². The first-order valence-corrected chi connectivity index (χ1v) is 10.1. The highest BCUT2D eigenvalue weighted by molar-refractivity contribution is 8.00. The highest BCUT2D eigenvalue weighted by Crippen LogP contribution is 2.21. The molecule has 2 aromatic carbocycles. The molecule has 25 heavy (non-hydrogen) atoms. The Morgan fingerprint density at radius 1 is 1.08 bits per heavy atom. The highest BCUT2D eigenvalue weighted by Gasteiger charge is 2.16. The molecule has 0 spiro atoms. The van der Waals surface area contributed by atoms with Gasteiger partial charge in [0.25, 0.3) is 0 Å². The molecule has 130 valence electrons. The Kier molecular flexibility index (Phi) is 5.34. The lowest BCUT2D eigenvalue weighted by Gasteiger charge is -2.06. The monoisotopic (exact) mass is 376 g/mol. The SMILES string of the molecule is COc1ccc(S(=O)(=O)CCSc2nnnn2-c2ccccc2)cc1. The fraction of sp³-hybridized carbons (Fsp3) is 0.188. The van der Waals surface area contributed by atoms with Gasteiger partial charge in [0.15, 0.2) is 9.84 Å². The van der Waals surface area contributed by atoms with Crippen molar-refractivity contribution < 1.29 is 13.2 Å². The molecule has 0 fully saturated rings. The van der Waals surface area contributed by atoms with Gasteiger partial charge in [-0.2, -0.15) is 4.68 Å². The second-order valence-corrected chi connectivity index (χ2v) is 8.22. The van der Waals surface area contributed by atoms with Gasteiger partial charge in [-0.1, -0.05) is 30.0 Å². The van der Waals surface area contributed by atoms with Crippen LogP contribution in [0.3, 0.4) is 0 Å². The number of ether oxygens (including phenoxy) is 1. The van der Waals surface area contributed by atoms with Crippen LogP contribution in [0.15, 0.2) is 64.6 Å². The molecule has 0 radical (unpaired) electrons. The normalized spacial score (nSPS) is 11.4. The number of hydrogen-bond acceptors (Lipinski definition) is 7. The Balaban J connectivity index is 1.66. The van der Waals surface area contributed by atoms with Crippen LogP contribution in [-0.2, 0) is 9.84 Å². The minimum Gasteiger partial charge on any atom is -0.497 e. The van der Waals surface area contributed by atoms with Crippen molar-refractivity contribution in [2.24, 2.45) is 0 Å². The van der Waals surface area contributed by atoms with Gasteiger partial charge in [-0.3, -0.25) is 0 Å². The van der Waals surface area contributed by atoms with Crippen molar-refractivity contribution in [3.05, 3.63) is 54.6 Å². The molecule has 0 unspecified atom stereocenters. The molecule has 0 bridgehead atoms. The molecule has 7 nitrogen and oxygen atoms in total. The summed E-state index contributed by atoms with van der Waals surface area (Å²) in [5, 5.41) is 12.1. The zero-order valence-electron chi connectivity index (χ0n) is 13.4. The van der Waals surface area contributed by atoms with Crippen LogP contribution in [0.25, 0.3) is 5.69 Å². The fourth-order valence-corrected chi connectivity index (χ4v) is 4.68. The summed E-state index contributed by atoms with van der Waals surface area (Å²) in [4.78, 5) is 0.275. The van der Waals surface area contributed by atoms with Gasteiger partial charge in [0, 0.05) is 5.75 Å². The third kappa shape index (κ3) is 4.18. The first kappa shape index (κ1) is 17.4. The van der Waals surface area contributed by atoms with Crippen molar-refractivity contribution in [1.29, 1.82) is 0 Å². The number of sulfone groups is 1. The van der Waals surface area contributed by atoms with Gasteiger partial charge in [-0.25, -0.2) is 8.42 Å². The molecule has 0 saturated carbocycles. The Bertz CT molecular complexity index is 926. The molecule has 0 N–H and O–H groups in total. The lowest BCUT2D eigenvalue weighted by Crippen LogP contribution is -2.09. The van der Waals surface area contributed by atoms with Gasteiger partial charge in [0.1, 0.15) is 5.75 Å². The van der Waals surface area contributed by atoms with Crippen LogP contribution in [0.2, 0.25) is 0 Å². The van der Waals surface area contributed by atoms with E-state index in [1.54, 1.807) is 28.9 Å². The van der Waals surface area contributed by atoms with E-state index in [1.807, 2.05) is 30.3 Å². The zero-order chi connectivity index (χ0) is 17.7. The van der Waals surface area contributed by atoms with Crippen LogP contribution in [0.5, 0.6) is 5.75 Å². The van der Waals surface area contributed by atoms with Gasteiger partial charge >= 0.3 is 0 Å². The molecule has 0 aliphatic carbocycles. The van der Waals surface area contributed by atoms with E-state index in [1.165, 1.54) is 18.9 Å². The third-order valence-electron chi connectivity index (χ3n) is 3.44. The number of thioether (sulfide) groups is 1. The molecule has 0 aliphatic rings. The summed E-state index contributed by atoms with van der Waals surface area (Å²) in [6.45, 7) is 0. The molecular formula is C16H16N4O3S2. The van der Waals surface area contributed by atoms with Crippen molar-refractivity contribution in [3.63, 3.8) is 0 Å². The summed E-state index contributed by atoms with van der Waals surface area (Å²) >= 11 is 1.30. The number of aromatic nitrogens is 4. The van der Waals surface area contributed by atoms with E-state index in [-0.39, 0.29) is 10.6 Å². The summed E-state index contributed by atoms with van der Waals surface area (Å²) in [5.74, 6) is 0.961. The second-order valence-electron chi connectivity index (χ2n) is 5.05. The van der Waals surface area contributed by atoms with Crippen molar-refractivity contribution in [1.82, 2.24) is 20.2 Å². The Hall–Kier alpha value is -2.39. The van der Waals surface area contributed by atoms with Crippen LogP contribution >= 0.6 is 11.8 Å². The zero-order valence-corrected chi connectivity index (χ0v) is 15.1. The minimum absolute atomic E-state index is 0.00829. The maximum atomic E-state index is 12.4. The second kappa shape index (κ2) is 7.66. The van der Waals surface area contributed by atoms with Crippen molar-refractivity contribution in [2.75, 3.05) is 18.6 Å². The number of benzene rings is 2. The van der Waals surface area contributed by atoms with Crippen LogP contribution in [-0.4, -0.2) is 47.2 Å². The quantitative estimate of drug-likeness (QED) is 0.584. The van der Waals surface area contributed by atoms with Crippen LogP contribution in [0.4, 0.5) is 0 Å². The van der Waals surface area contributed by atoms with Crippen LogP contribution in [0.1, 0.15) is 0 Å². The number of rotatable bonds is 7. The van der Waals surface area contributed by atoms with E-state index in [4.69, 9.17) is 4.74 Å². The van der Waals surface area contributed by atoms with Gasteiger partial charge in [-0.15, -0.1) is 5.10 Å². The summed E-state index contributed by atoms with van der Waals surface area (Å²) in [6.07, 6.45) is 0. The maximum Gasteiger partial charge on any atom is 0.214 e. The maximum absolute atomic E-state index is 12.4. The van der Waals surface area contributed by atoms with Crippen molar-refractivity contribution in [2.45, 2.75) is 10.1 Å². The fourth-order valence-electron chi connectivity index (χ4n) is 2.14. The third-order valence-corrected chi connectivity index (χ3v) is 6.35. The van der Waals surface area contributed by atoms with E-state index in [0.29, 0.717) is 16.7 Å². The molecule has 0 aliphatic heterocycles. The largest absolute Gasteiger partial charge is 0.497 e. The number of methoxy groups -OCH3 is 1. The topological polar surface area (TPSA) is 87.0 Å². The minimum atomic E-state index is -3.37. The van der Waals surface area contributed by atoms with E-state index in [0.717, 1.165) is 5.69 Å². The molecule has 9 heteroatoms. The molecule has 0 saturated heterocycles. The van der Waals surface area contributed by atoms with Gasteiger partial charge in [0.2, 0.25) is 5.16 Å². The number of tetrazole rings is 1. The smallest absolute Gasteiger partial charge is 0.214 e. The van der Waals surface area contributed by atoms with Crippen LogP contribution < -0.4 is 4.74 Å². The number of nitrogens with zero attached hydrogens (tertiary/aromatic N) is 4. The lowest BCUT2D eigenvalue weighted by atomic mass is 10.3. The number of para-hydroxylation sites is 1. The van der Waals surface area contributed by atoms with E-state index >= 15 is 0 Å². The molecule has 3 rings (SSSR count). The summed E-state index contributed by atoms with van der Waals surface area (Å²) in [7, 11) is -1.83. The number of hydrogen-bond donors (Lipinski definition) is 0. The summed E-state index contributed by atoms with van der Waals surface area (Å²) < 4.78 is 31.4. The average Bonchev–Trinajstić information content (AvgIpc) is 3.11. The standard InChI is InChI=1S/C16H16N4O3S2/c1-23-14-7-9-15(10-8-14)25(21,22)12-11-24-16-17-18-19-20(16)13-5-3-2-4-6-13/h2-10H,11-12H2,1H3. The van der Waals surface area contributed by atoms with E-state index in [9.17, 15) is 8.42 Å². The summed E-state index contributed by atoms with van der Waals surface area (Å²) in [5.41, 5.74) is 0.827. The first-order chi connectivity index (χ1) is 12.1. The molecule has 3 aromatic rings. The lowest BCUT2D eigenvalue weighted by molar-refractivity contribution is 0.414. The highest BCUT2D eigenvalue weighted by atomic mass is 32.2. The molecule has 1 heterocycles. The van der Waals surface area contributed by atoms with Gasteiger partial charge < -0.3 is 4.74 Å². The first-order valence-electron chi connectivity index (χ1n) is 7.43. The van der Waals surface area contributed by atoms with Crippen molar-refractivity contribution in [3.8, 4) is 11.4 Å². The molecule has 0 amide bonds. The molecule has 1 aromatic heterocycles. The predicted molar refractivity (Wildman–Crippen MR) is 94.9 cm³/mol. The Morgan fingerprint density at radius 2 is 1.80 bits per heavy atom. The van der Waals surface area contributed by atoms with Gasteiger partial charge in [0.05, 0.1) is 23.4 Å². The molecular weight excluding hydrogens is 360 g/mol. The molecule has 0 atom stereocenters. The summed E-state index contributed by atoms with van der Waals surface area (Å²) in [6, 6.07) is 15.8. The average molecular weight is 376 g/mol. The van der Waals surface area contributed by atoms with Crippen molar-refractivity contribution >= 4 is 21.6 Å². The Labute approximate surface area is 149 Å². The van der Waals surface area contributed by atoms with Gasteiger partial charge in [-0.05, 0) is 46.8 Å². The van der Waals surface area contributed by atoms with Crippen LogP contribution in [0, 0.1) is 0 Å². The Morgan fingerprint density at radius 3 is 2.48 bits per heavy atom. The van der Waals surface area contributed by atoms with E-state index < -0.39 is 9.84 Å².